The normalized spacial score (nSPS) is 11.7. The Labute approximate surface area is 225 Å². The second-order valence-electron chi connectivity index (χ2n) is 8.41. The van der Waals surface area contributed by atoms with Crippen LogP contribution in [-0.4, -0.2) is 29.3 Å². The Hall–Kier alpha value is -2.34. The van der Waals surface area contributed by atoms with Gasteiger partial charge in [0.05, 0.1) is 6.42 Å². The molecule has 0 bridgehead atoms. The summed E-state index contributed by atoms with van der Waals surface area (Å²) in [7, 11) is 0. The Bertz CT molecular complexity index is 1120. The molecule has 0 saturated carbocycles. The van der Waals surface area contributed by atoms with Gasteiger partial charge in [-0.1, -0.05) is 101 Å². The molecule has 0 unspecified atom stereocenters. The van der Waals surface area contributed by atoms with Crippen LogP contribution in [0, 0.1) is 0 Å². The summed E-state index contributed by atoms with van der Waals surface area (Å²) in [6.45, 7) is 2.95. The molecular formula is C28H29BrCl2N2O2. The summed E-state index contributed by atoms with van der Waals surface area (Å²) >= 11 is 15.9. The second kappa shape index (κ2) is 13.7. The molecule has 4 nitrogen and oxygen atoms in total. The summed E-state index contributed by atoms with van der Waals surface area (Å²) in [5.74, 6) is -0.335. The molecule has 7 heteroatoms. The van der Waals surface area contributed by atoms with Gasteiger partial charge in [0.15, 0.2) is 0 Å². The zero-order chi connectivity index (χ0) is 25.2. The second-order valence-corrected chi connectivity index (χ2v) is 10.2. The van der Waals surface area contributed by atoms with E-state index in [2.05, 4.69) is 28.2 Å². The molecule has 0 saturated heterocycles. The van der Waals surface area contributed by atoms with Gasteiger partial charge < -0.3 is 10.2 Å². The highest BCUT2D eigenvalue weighted by Crippen LogP contribution is 2.24. The van der Waals surface area contributed by atoms with Crippen molar-refractivity contribution in [1.82, 2.24) is 10.2 Å². The molecule has 0 aromatic heterocycles. The van der Waals surface area contributed by atoms with Crippen molar-refractivity contribution in [2.45, 2.75) is 45.2 Å². The molecule has 0 aliphatic carbocycles. The topological polar surface area (TPSA) is 49.4 Å². The molecular weight excluding hydrogens is 547 g/mol. The first-order chi connectivity index (χ1) is 16.9. The Morgan fingerprint density at radius 2 is 1.69 bits per heavy atom. The van der Waals surface area contributed by atoms with Crippen molar-refractivity contribution in [3.63, 3.8) is 0 Å². The molecule has 0 aliphatic rings. The molecule has 35 heavy (non-hydrogen) atoms. The highest BCUT2D eigenvalue weighted by molar-refractivity contribution is 9.10. The van der Waals surface area contributed by atoms with Crippen LogP contribution in [0.15, 0.2) is 77.3 Å². The van der Waals surface area contributed by atoms with Crippen molar-refractivity contribution >= 4 is 50.9 Å². The number of nitrogens with one attached hydrogen (secondary N) is 1. The van der Waals surface area contributed by atoms with E-state index in [1.807, 2.05) is 54.6 Å². The third kappa shape index (κ3) is 8.38. The number of unbranched alkanes of at least 4 members (excludes halogenated alkanes) is 1. The van der Waals surface area contributed by atoms with E-state index in [0.717, 1.165) is 28.4 Å². The molecule has 1 N–H and O–H groups in total. The van der Waals surface area contributed by atoms with Crippen LogP contribution in [0.5, 0.6) is 0 Å². The average molecular weight is 576 g/mol. The van der Waals surface area contributed by atoms with E-state index in [9.17, 15) is 9.59 Å². The van der Waals surface area contributed by atoms with Crippen LogP contribution in [0.2, 0.25) is 10.0 Å². The van der Waals surface area contributed by atoms with Gasteiger partial charge in [0.1, 0.15) is 6.04 Å². The lowest BCUT2D eigenvalue weighted by atomic mass is 10.0. The van der Waals surface area contributed by atoms with Crippen LogP contribution < -0.4 is 5.32 Å². The predicted octanol–water partition coefficient (Wildman–Crippen LogP) is 6.85. The van der Waals surface area contributed by atoms with Gasteiger partial charge in [0.2, 0.25) is 11.8 Å². The first kappa shape index (κ1) is 27.3. The fraction of sp³-hybridized carbons (Fsp3) is 0.286. The molecule has 0 spiro atoms. The zero-order valence-electron chi connectivity index (χ0n) is 19.6. The Morgan fingerprint density at radius 1 is 0.971 bits per heavy atom. The SMILES string of the molecule is CCCCNC(=O)[C@H](Cc1ccccc1)N(Cc1ccc(Br)cc1)C(=O)Cc1ccc(Cl)cc1Cl. The summed E-state index contributed by atoms with van der Waals surface area (Å²) < 4.78 is 0.949. The summed E-state index contributed by atoms with van der Waals surface area (Å²) in [4.78, 5) is 28.8. The van der Waals surface area contributed by atoms with Crippen molar-refractivity contribution in [3.8, 4) is 0 Å². The van der Waals surface area contributed by atoms with E-state index < -0.39 is 6.04 Å². The maximum atomic E-state index is 13.7. The van der Waals surface area contributed by atoms with Gasteiger partial charge in [-0.15, -0.1) is 0 Å². The molecule has 184 valence electrons. The Morgan fingerprint density at radius 3 is 2.34 bits per heavy atom. The molecule has 0 fully saturated rings. The lowest BCUT2D eigenvalue weighted by molar-refractivity contribution is -0.140. The molecule has 2 amide bonds. The van der Waals surface area contributed by atoms with Gasteiger partial charge in [-0.25, -0.2) is 0 Å². The number of hydrogen-bond donors (Lipinski definition) is 1. The number of carbonyl (C=O) groups excluding carboxylic acids is 2. The zero-order valence-corrected chi connectivity index (χ0v) is 22.7. The highest BCUT2D eigenvalue weighted by atomic mass is 79.9. The standard InChI is InChI=1S/C28H29BrCl2N2O2/c1-2-3-15-32-28(35)26(16-20-7-5-4-6-8-20)33(19-21-9-12-23(29)13-10-21)27(34)17-22-11-14-24(30)18-25(22)31/h4-14,18,26H,2-3,15-17,19H2,1H3,(H,32,35)/t26-/m0/s1. The minimum Gasteiger partial charge on any atom is -0.354 e. The fourth-order valence-electron chi connectivity index (χ4n) is 3.78. The smallest absolute Gasteiger partial charge is 0.243 e. The van der Waals surface area contributed by atoms with Crippen LogP contribution in [0.1, 0.15) is 36.5 Å². The number of halogens is 3. The van der Waals surface area contributed by atoms with Crippen molar-refractivity contribution in [2.75, 3.05) is 6.54 Å². The number of hydrogen-bond acceptors (Lipinski definition) is 2. The largest absolute Gasteiger partial charge is 0.354 e. The van der Waals surface area contributed by atoms with Gasteiger partial charge in [-0.2, -0.15) is 0 Å². The van der Waals surface area contributed by atoms with Crippen molar-refractivity contribution in [3.05, 3.63) is 104 Å². The number of carbonyl (C=O) groups is 2. The van der Waals surface area contributed by atoms with E-state index in [1.54, 1.807) is 23.1 Å². The van der Waals surface area contributed by atoms with Gasteiger partial charge in [0.25, 0.3) is 0 Å². The monoisotopic (exact) mass is 574 g/mol. The van der Waals surface area contributed by atoms with Crippen molar-refractivity contribution < 1.29 is 9.59 Å². The molecule has 3 aromatic rings. The number of amides is 2. The van der Waals surface area contributed by atoms with Gasteiger partial charge in [0, 0.05) is 34.0 Å². The lowest BCUT2D eigenvalue weighted by Gasteiger charge is -2.32. The maximum absolute atomic E-state index is 13.7. The Balaban J connectivity index is 1.95. The molecule has 0 aliphatic heterocycles. The molecule has 3 rings (SSSR count). The number of rotatable bonds is 11. The number of nitrogens with zero attached hydrogens (tertiary/aromatic N) is 1. The van der Waals surface area contributed by atoms with E-state index in [1.165, 1.54) is 0 Å². The fourth-order valence-corrected chi connectivity index (χ4v) is 4.52. The summed E-state index contributed by atoms with van der Waals surface area (Å²) in [5, 5.41) is 3.97. The Kier molecular flexibility index (Phi) is 10.6. The minimum absolute atomic E-state index is 0.0695. The van der Waals surface area contributed by atoms with E-state index >= 15 is 0 Å². The van der Waals surface area contributed by atoms with Crippen LogP contribution in [0.3, 0.4) is 0 Å². The van der Waals surface area contributed by atoms with Crippen LogP contribution in [0.25, 0.3) is 0 Å². The quantitative estimate of drug-likeness (QED) is 0.254. The highest BCUT2D eigenvalue weighted by Gasteiger charge is 2.30. The van der Waals surface area contributed by atoms with Crippen LogP contribution in [0.4, 0.5) is 0 Å². The molecule has 0 radical (unpaired) electrons. The van der Waals surface area contributed by atoms with Crippen molar-refractivity contribution in [1.29, 1.82) is 0 Å². The summed E-state index contributed by atoms with van der Waals surface area (Å²) in [6, 6.07) is 22.0. The van der Waals surface area contributed by atoms with Gasteiger partial charge >= 0.3 is 0 Å². The molecule has 3 aromatic carbocycles. The van der Waals surface area contributed by atoms with E-state index in [0.29, 0.717) is 35.1 Å². The maximum Gasteiger partial charge on any atom is 0.243 e. The molecule has 1 atom stereocenters. The summed E-state index contributed by atoms with van der Waals surface area (Å²) in [5.41, 5.74) is 2.59. The van der Waals surface area contributed by atoms with Crippen LogP contribution >= 0.6 is 39.1 Å². The minimum atomic E-state index is -0.670. The van der Waals surface area contributed by atoms with E-state index in [4.69, 9.17) is 23.2 Å². The molecule has 0 heterocycles. The van der Waals surface area contributed by atoms with E-state index in [-0.39, 0.29) is 18.2 Å². The number of benzene rings is 3. The van der Waals surface area contributed by atoms with Crippen molar-refractivity contribution in [2.24, 2.45) is 0 Å². The third-order valence-electron chi connectivity index (χ3n) is 5.72. The summed E-state index contributed by atoms with van der Waals surface area (Å²) in [6.07, 6.45) is 2.33. The van der Waals surface area contributed by atoms with Gasteiger partial charge in [-0.3, -0.25) is 9.59 Å². The van der Waals surface area contributed by atoms with Gasteiger partial charge in [-0.05, 0) is 47.4 Å². The first-order valence-electron chi connectivity index (χ1n) is 11.7. The lowest BCUT2D eigenvalue weighted by Crippen LogP contribution is -2.51. The van der Waals surface area contributed by atoms with Crippen LogP contribution in [-0.2, 0) is 29.0 Å². The first-order valence-corrected chi connectivity index (χ1v) is 13.2. The third-order valence-corrected chi connectivity index (χ3v) is 6.84. The predicted molar refractivity (Wildman–Crippen MR) is 147 cm³/mol. The average Bonchev–Trinajstić information content (AvgIpc) is 2.85.